The summed E-state index contributed by atoms with van der Waals surface area (Å²) in [4.78, 5) is 0. The Kier molecular flexibility index (Phi) is 3.10. The quantitative estimate of drug-likeness (QED) is 0.850. The van der Waals surface area contributed by atoms with E-state index in [4.69, 9.17) is 9.84 Å². The molecule has 0 radical (unpaired) electrons. The van der Waals surface area contributed by atoms with Gasteiger partial charge in [-0.15, -0.1) is 0 Å². The zero-order valence-corrected chi connectivity index (χ0v) is 9.13. The van der Waals surface area contributed by atoms with Crippen molar-refractivity contribution in [3.63, 3.8) is 0 Å². The van der Waals surface area contributed by atoms with Crippen LogP contribution >= 0.6 is 0 Å². The molecule has 1 heterocycles. The molecule has 1 aromatic carbocycles. The van der Waals surface area contributed by atoms with E-state index in [1.807, 2.05) is 17.8 Å². The van der Waals surface area contributed by atoms with Gasteiger partial charge in [-0.1, -0.05) is 0 Å². The van der Waals surface area contributed by atoms with Crippen LogP contribution in [0.1, 0.15) is 5.69 Å². The second-order valence-electron chi connectivity index (χ2n) is 3.54. The van der Waals surface area contributed by atoms with E-state index in [1.165, 1.54) is 0 Å². The van der Waals surface area contributed by atoms with Crippen molar-refractivity contribution in [1.29, 1.82) is 0 Å². The van der Waals surface area contributed by atoms with Gasteiger partial charge in [0.05, 0.1) is 6.61 Å². The average Bonchev–Trinajstić information content (AvgIpc) is 2.68. The maximum absolute atomic E-state index is 9.10. The van der Waals surface area contributed by atoms with Crippen molar-refractivity contribution in [2.75, 3.05) is 6.61 Å². The highest BCUT2D eigenvalue weighted by Crippen LogP contribution is 2.15. The number of aryl methyl sites for hydroxylation is 1. The fourth-order valence-electron chi connectivity index (χ4n) is 1.46. The molecule has 0 aliphatic carbocycles. The number of phenols is 1. The molecule has 0 aliphatic heterocycles. The molecule has 16 heavy (non-hydrogen) atoms. The number of ether oxygens (including phenoxy) is 1. The van der Waals surface area contributed by atoms with Crippen LogP contribution in [0.5, 0.6) is 11.5 Å². The zero-order valence-electron chi connectivity index (χ0n) is 9.13. The normalized spacial score (nSPS) is 10.3. The van der Waals surface area contributed by atoms with E-state index >= 15 is 0 Å². The molecule has 0 aliphatic rings. The maximum Gasteiger partial charge on any atom is 0.119 e. The van der Waals surface area contributed by atoms with Crippen molar-refractivity contribution in [2.45, 2.75) is 6.42 Å². The maximum atomic E-state index is 9.10. The van der Waals surface area contributed by atoms with E-state index in [9.17, 15) is 0 Å². The van der Waals surface area contributed by atoms with Gasteiger partial charge in [0.1, 0.15) is 11.5 Å². The van der Waals surface area contributed by atoms with Gasteiger partial charge in [-0.3, -0.25) is 4.68 Å². The summed E-state index contributed by atoms with van der Waals surface area (Å²) in [5, 5.41) is 13.2. The lowest BCUT2D eigenvalue weighted by Crippen LogP contribution is -2.05. The summed E-state index contributed by atoms with van der Waals surface area (Å²) < 4.78 is 7.37. The first-order valence-corrected chi connectivity index (χ1v) is 5.14. The molecule has 0 bridgehead atoms. The van der Waals surface area contributed by atoms with Crippen LogP contribution in [-0.4, -0.2) is 21.5 Å². The smallest absolute Gasteiger partial charge is 0.119 e. The lowest BCUT2D eigenvalue weighted by atomic mass is 10.3. The van der Waals surface area contributed by atoms with Crippen LogP contribution in [-0.2, 0) is 13.5 Å². The van der Waals surface area contributed by atoms with Crippen LogP contribution < -0.4 is 4.74 Å². The minimum absolute atomic E-state index is 0.249. The molecule has 2 rings (SSSR count). The van der Waals surface area contributed by atoms with E-state index in [1.54, 1.807) is 30.5 Å². The summed E-state index contributed by atoms with van der Waals surface area (Å²) in [7, 11) is 1.91. The predicted octanol–water partition coefficient (Wildman–Crippen LogP) is 1.75. The molecule has 84 valence electrons. The van der Waals surface area contributed by atoms with Crippen molar-refractivity contribution in [2.24, 2.45) is 7.05 Å². The number of hydrogen-bond donors (Lipinski definition) is 1. The molecule has 2 aromatic rings. The molecule has 0 saturated heterocycles. The van der Waals surface area contributed by atoms with E-state index < -0.39 is 0 Å². The zero-order chi connectivity index (χ0) is 11.4. The molecular formula is C12H14N2O2. The molecule has 0 unspecified atom stereocenters. The van der Waals surface area contributed by atoms with Crippen LogP contribution in [0.15, 0.2) is 36.5 Å². The minimum atomic E-state index is 0.249. The van der Waals surface area contributed by atoms with Gasteiger partial charge in [0.2, 0.25) is 0 Å². The van der Waals surface area contributed by atoms with Gasteiger partial charge in [-0.25, -0.2) is 0 Å². The molecule has 0 atom stereocenters. The van der Waals surface area contributed by atoms with Gasteiger partial charge in [-0.2, -0.15) is 5.10 Å². The predicted molar refractivity (Wildman–Crippen MR) is 60.5 cm³/mol. The van der Waals surface area contributed by atoms with Crippen molar-refractivity contribution in [3.05, 3.63) is 42.2 Å². The van der Waals surface area contributed by atoms with E-state index in [0.29, 0.717) is 6.61 Å². The molecular weight excluding hydrogens is 204 g/mol. The summed E-state index contributed by atoms with van der Waals surface area (Å²) in [5.41, 5.74) is 1.14. The summed E-state index contributed by atoms with van der Waals surface area (Å²) >= 11 is 0. The third-order valence-corrected chi connectivity index (χ3v) is 2.39. The highest BCUT2D eigenvalue weighted by molar-refractivity contribution is 5.30. The Morgan fingerprint density at radius 1 is 1.25 bits per heavy atom. The third kappa shape index (κ3) is 2.53. The first kappa shape index (κ1) is 10.5. The van der Waals surface area contributed by atoms with Crippen molar-refractivity contribution < 1.29 is 9.84 Å². The van der Waals surface area contributed by atoms with Gasteiger partial charge in [0.25, 0.3) is 0 Å². The first-order chi connectivity index (χ1) is 7.75. The second-order valence-corrected chi connectivity index (χ2v) is 3.54. The number of phenolic OH excluding ortho intramolecular Hbond substituents is 1. The minimum Gasteiger partial charge on any atom is -0.508 e. The first-order valence-electron chi connectivity index (χ1n) is 5.14. The number of aromatic hydroxyl groups is 1. The molecule has 0 spiro atoms. The molecule has 0 amide bonds. The summed E-state index contributed by atoms with van der Waals surface area (Å²) in [6, 6.07) is 8.69. The van der Waals surface area contributed by atoms with Crippen LogP contribution in [0.25, 0.3) is 0 Å². The molecule has 0 fully saturated rings. The average molecular weight is 218 g/mol. The molecule has 1 aromatic heterocycles. The Bertz CT molecular complexity index is 448. The second kappa shape index (κ2) is 4.70. The highest BCUT2D eigenvalue weighted by atomic mass is 16.5. The molecule has 4 heteroatoms. The molecule has 0 saturated carbocycles. The Labute approximate surface area is 94.1 Å². The van der Waals surface area contributed by atoms with Crippen molar-refractivity contribution in [3.8, 4) is 11.5 Å². The van der Waals surface area contributed by atoms with Crippen molar-refractivity contribution in [1.82, 2.24) is 9.78 Å². The van der Waals surface area contributed by atoms with Gasteiger partial charge < -0.3 is 9.84 Å². The van der Waals surface area contributed by atoms with Gasteiger partial charge in [0.15, 0.2) is 0 Å². The van der Waals surface area contributed by atoms with Crippen LogP contribution in [0.3, 0.4) is 0 Å². The Hall–Kier alpha value is -1.97. The Morgan fingerprint density at radius 2 is 2.00 bits per heavy atom. The monoisotopic (exact) mass is 218 g/mol. The van der Waals surface area contributed by atoms with Gasteiger partial charge in [0, 0.05) is 25.4 Å². The number of rotatable bonds is 4. The molecule has 4 nitrogen and oxygen atoms in total. The summed E-state index contributed by atoms with van der Waals surface area (Å²) in [6.45, 7) is 0.601. The third-order valence-electron chi connectivity index (χ3n) is 2.39. The van der Waals surface area contributed by atoms with Gasteiger partial charge in [-0.05, 0) is 30.3 Å². The van der Waals surface area contributed by atoms with Crippen molar-refractivity contribution >= 4 is 0 Å². The Morgan fingerprint density at radius 3 is 2.62 bits per heavy atom. The van der Waals surface area contributed by atoms with E-state index in [-0.39, 0.29) is 5.75 Å². The lowest BCUT2D eigenvalue weighted by Gasteiger charge is -2.06. The van der Waals surface area contributed by atoms with Crippen LogP contribution in [0.4, 0.5) is 0 Å². The molecule has 1 N–H and O–H groups in total. The topological polar surface area (TPSA) is 47.3 Å². The SMILES string of the molecule is Cn1nccc1CCOc1ccc(O)cc1. The highest BCUT2D eigenvalue weighted by Gasteiger charge is 1.99. The Balaban J connectivity index is 1.84. The number of benzene rings is 1. The fourth-order valence-corrected chi connectivity index (χ4v) is 1.46. The number of aromatic nitrogens is 2. The number of nitrogens with zero attached hydrogens (tertiary/aromatic N) is 2. The van der Waals surface area contributed by atoms with E-state index in [2.05, 4.69) is 5.10 Å². The summed E-state index contributed by atoms with van der Waals surface area (Å²) in [5.74, 6) is 1.01. The lowest BCUT2D eigenvalue weighted by molar-refractivity contribution is 0.318. The summed E-state index contributed by atoms with van der Waals surface area (Å²) in [6.07, 6.45) is 2.59. The number of hydrogen-bond acceptors (Lipinski definition) is 3. The standard InChI is InChI=1S/C12H14N2O2/c1-14-10(6-8-13-14)7-9-16-12-4-2-11(15)3-5-12/h2-6,8,15H,7,9H2,1H3. The largest absolute Gasteiger partial charge is 0.508 e. The fraction of sp³-hybridized carbons (Fsp3) is 0.250. The van der Waals surface area contributed by atoms with Crippen LogP contribution in [0.2, 0.25) is 0 Å². The van der Waals surface area contributed by atoms with E-state index in [0.717, 1.165) is 17.9 Å². The van der Waals surface area contributed by atoms with Crippen LogP contribution in [0, 0.1) is 0 Å². The van der Waals surface area contributed by atoms with Gasteiger partial charge >= 0.3 is 0 Å².